The van der Waals surface area contributed by atoms with E-state index in [0.29, 0.717) is 31.5 Å². The molecule has 0 aromatic heterocycles. The molecule has 0 atom stereocenters. The number of likely N-dealkylation sites (tertiary alicyclic amines) is 1. The molecule has 1 saturated heterocycles. The predicted octanol–water partition coefficient (Wildman–Crippen LogP) is 2.15. The SMILES string of the molecule is CC(C)(C)OC(=O)N1CCC(N(C(=O)C(=N)N=C[NH2+]c2ccc(C#N)cc2)C2CC2)CC1. The molecule has 0 spiro atoms. The van der Waals surface area contributed by atoms with Gasteiger partial charge in [-0.15, -0.1) is 0 Å². The van der Waals surface area contributed by atoms with E-state index < -0.39 is 5.60 Å². The topological polar surface area (TPSA) is 126 Å². The Hall–Kier alpha value is -3.25. The standard InChI is InChI=1S/C23H30N6O3/c1-23(2,3)32-22(31)28-12-10-19(11-13-28)29(18-8-9-18)21(30)20(25)27-15-26-17-6-4-16(14-24)5-7-17/h4-7,15,18-19H,8-13H2,1-3H3,(H2,25,26,27)/p+1. The number of aliphatic imine (C=N–C) groups is 1. The monoisotopic (exact) mass is 439 g/mol. The van der Waals surface area contributed by atoms with Crippen LogP contribution in [0.25, 0.3) is 0 Å². The fraction of sp³-hybridized carbons (Fsp3) is 0.522. The van der Waals surface area contributed by atoms with Crippen LogP contribution in [0, 0.1) is 16.7 Å². The minimum absolute atomic E-state index is 0.00765. The molecule has 32 heavy (non-hydrogen) atoms. The van der Waals surface area contributed by atoms with E-state index in [9.17, 15) is 9.59 Å². The summed E-state index contributed by atoms with van der Waals surface area (Å²) in [5.74, 6) is -0.663. The number of quaternary nitrogens is 1. The zero-order chi connectivity index (χ0) is 23.3. The molecule has 2 aliphatic rings. The summed E-state index contributed by atoms with van der Waals surface area (Å²) in [6.45, 7) is 6.58. The van der Waals surface area contributed by atoms with Crippen molar-refractivity contribution in [3.05, 3.63) is 29.8 Å². The van der Waals surface area contributed by atoms with E-state index in [1.165, 1.54) is 6.34 Å². The van der Waals surface area contributed by atoms with Crippen LogP contribution in [-0.2, 0) is 9.53 Å². The Bertz CT molecular complexity index is 917. The van der Waals surface area contributed by atoms with Gasteiger partial charge in [-0.3, -0.25) is 15.5 Å². The molecular formula is C23H31N6O3+. The average Bonchev–Trinajstić information content (AvgIpc) is 3.58. The molecule has 1 aliphatic heterocycles. The van der Waals surface area contributed by atoms with Gasteiger partial charge in [0.15, 0.2) is 6.34 Å². The Balaban J connectivity index is 1.55. The van der Waals surface area contributed by atoms with Gasteiger partial charge < -0.3 is 14.5 Å². The molecule has 2 amide bonds. The fourth-order valence-corrected chi connectivity index (χ4v) is 3.68. The third-order valence-electron chi connectivity index (χ3n) is 5.40. The third kappa shape index (κ3) is 6.37. The minimum atomic E-state index is -0.536. The van der Waals surface area contributed by atoms with Crippen LogP contribution in [0.4, 0.5) is 10.5 Å². The van der Waals surface area contributed by atoms with E-state index in [-0.39, 0.29) is 29.9 Å². The van der Waals surface area contributed by atoms with Crippen LogP contribution < -0.4 is 5.32 Å². The van der Waals surface area contributed by atoms with Gasteiger partial charge in [0.05, 0.1) is 11.6 Å². The Morgan fingerprint density at radius 1 is 1.19 bits per heavy atom. The van der Waals surface area contributed by atoms with Gasteiger partial charge in [0.1, 0.15) is 11.3 Å². The molecule has 1 aromatic carbocycles. The molecule has 1 aliphatic carbocycles. The van der Waals surface area contributed by atoms with Crippen molar-refractivity contribution in [3.63, 3.8) is 0 Å². The zero-order valence-electron chi connectivity index (χ0n) is 18.9. The Morgan fingerprint density at radius 3 is 2.31 bits per heavy atom. The summed E-state index contributed by atoms with van der Waals surface area (Å²) in [5.41, 5.74) is 0.868. The number of hydrogen-bond acceptors (Lipinski definition) is 5. The lowest BCUT2D eigenvalue weighted by atomic mass is 10.0. The van der Waals surface area contributed by atoms with E-state index in [2.05, 4.69) is 11.1 Å². The number of rotatable bonds is 4. The van der Waals surface area contributed by atoms with Crippen LogP contribution in [-0.4, -0.2) is 64.7 Å². The summed E-state index contributed by atoms with van der Waals surface area (Å²) in [5, 5.41) is 18.7. The van der Waals surface area contributed by atoms with Crippen LogP contribution in [0.2, 0.25) is 0 Å². The first-order chi connectivity index (χ1) is 15.2. The molecule has 0 unspecified atom stereocenters. The number of nitrogens with zero attached hydrogens (tertiary/aromatic N) is 4. The summed E-state index contributed by atoms with van der Waals surface area (Å²) in [6, 6.07) is 9.18. The van der Waals surface area contributed by atoms with Crippen molar-refractivity contribution in [2.45, 2.75) is 64.1 Å². The average molecular weight is 440 g/mol. The van der Waals surface area contributed by atoms with E-state index >= 15 is 0 Å². The van der Waals surface area contributed by atoms with Gasteiger partial charge in [0, 0.05) is 37.3 Å². The first kappa shape index (κ1) is 23.4. The molecule has 2 fully saturated rings. The number of nitrogens with two attached hydrogens (primary N) is 1. The molecule has 3 rings (SSSR count). The largest absolute Gasteiger partial charge is 0.444 e. The lowest BCUT2D eigenvalue weighted by Gasteiger charge is -2.38. The fourth-order valence-electron chi connectivity index (χ4n) is 3.68. The highest BCUT2D eigenvalue weighted by molar-refractivity contribution is 6.37. The van der Waals surface area contributed by atoms with Crippen molar-refractivity contribution >= 4 is 29.9 Å². The summed E-state index contributed by atoms with van der Waals surface area (Å²) in [6.07, 6.45) is 4.32. The van der Waals surface area contributed by atoms with Crippen LogP contribution in [0.15, 0.2) is 29.3 Å². The maximum Gasteiger partial charge on any atom is 0.410 e. The van der Waals surface area contributed by atoms with E-state index in [0.717, 1.165) is 18.5 Å². The maximum atomic E-state index is 13.0. The Labute approximate surface area is 188 Å². The summed E-state index contributed by atoms with van der Waals surface area (Å²) >= 11 is 0. The number of benzene rings is 1. The summed E-state index contributed by atoms with van der Waals surface area (Å²) in [7, 11) is 0. The maximum absolute atomic E-state index is 13.0. The quantitative estimate of drug-likeness (QED) is 0.423. The number of nitrogens with one attached hydrogen (secondary N) is 1. The van der Waals surface area contributed by atoms with E-state index in [1.807, 2.05) is 20.8 Å². The summed E-state index contributed by atoms with van der Waals surface area (Å²) < 4.78 is 5.45. The highest BCUT2D eigenvalue weighted by Crippen LogP contribution is 2.32. The van der Waals surface area contributed by atoms with Crippen LogP contribution in [0.1, 0.15) is 52.0 Å². The van der Waals surface area contributed by atoms with Crippen LogP contribution >= 0.6 is 0 Å². The number of carbonyl (C=O) groups is 2. The number of piperidine rings is 1. The van der Waals surface area contributed by atoms with Gasteiger partial charge in [0.25, 0.3) is 5.91 Å². The number of carbonyl (C=O) groups excluding carboxylic acids is 2. The van der Waals surface area contributed by atoms with Gasteiger partial charge in [-0.25, -0.2) is 4.79 Å². The number of nitriles is 1. The molecule has 3 N–H and O–H groups in total. The lowest BCUT2D eigenvalue weighted by Crippen LogP contribution is -2.76. The van der Waals surface area contributed by atoms with Gasteiger partial charge in [-0.1, -0.05) is 0 Å². The van der Waals surface area contributed by atoms with Gasteiger partial charge in [-0.05, 0) is 58.6 Å². The number of hydrogen-bond donors (Lipinski definition) is 2. The summed E-state index contributed by atoms with van der Waals surface area (Å²) in [4.78, 5) is 32.8. The number of amides is 2. The lowest BCUT2D eigenvalue weighted by molar-refractivity contribution is -0.432. The highest BCUT2D eigenvalue weighted by Gasteiger charge is 2.40. The third-order valence-corrected chi connectivity index (χ3v) is 5.40. The molecule has 9 heteroatoms. The van der Waals surface area contributed by atoms with Crippen molar-refractivity contribution in [1.29, 1.82) is 10.7 Å². The smallest absolute Gasteiger partial charge is 0.410 e. The molecule has 0 radical (unpaired) electrons. The highest BCUT2D eigenvalue weighted by atomic mass is 16.6. The Kier molecular flexibility index (Phi) is 7.26. The predicted molar refractivity (Wildman–Crippen MR) is 120 cm³/mol. The molecular weight excluding hydrogens is 408 g/mol. The molecule has 9 nitrogen and oxygen atoms in total. The van der Waals surface area contributed by atoms with Crippen molar-refractivity contribution in [3.8, 4) is 6.07 Å². The van der Waals surface area contributed by atoms with Crippen molar-refractivity contribution in [2.75, 3.05) is 13.1 Å². The van der Waals surface area contributed by atoms with Crippen molar-refractivity contribution < 1.29 is 19.6 Å². The molecule has 1 saturated carbocycles. The molecule has 0 bridgehead atoms. The van der Waals surface area contributed by atoms with Crippen LogP contribution in [0.5, 0.6) is 0 Å². The van der Waals surface area contributed by atoms with Gasteiger partial charge >= 0.3 is 6.09 Å². The van der Waals surface area contributed by atoms with Crippen molar-refractivity contribution in [2.24, 2.45) is 4.99 Å². The van der Waals surface area contributed by atoms with E-state index in [4.69, 9.17) is 15.4 Å². The first-order valence-corrected chi connectivity index (χ1v) is 10.9. The van der Waals surface area contributed by atoms with E-state index in [1.54, 1.807) is 39.4 Å². The van der Waals surface area contributed by atoms with Gasteiger partial charge in [-0.2, -0.15) is 10.3 Å². The number of amidine groups is 1. The van der Waals surface area contributed by atoms with Gasteiger partial charge in [0.2, 0.25) is 5.84 Å². The normalized spacial score (nSPS) is 17.1. The molecule has 170 valence electrons. The zero-order valence-corrected chi connectivity index (χ0v) is 18.9. The first-order valence-electron chi connectivity index (χ1n) is 10.9. The second-order valence-corrected chi connectivity index (χ2v) is 9.17. The minimum Gasteiger partial charge on any atom is -0.444 e. The second-order valence-electron chi connectivity index (χ2n) is 9.17. The Morgan fingerprint density at radius 2 is 1.78 bits per heavy atom. The number of ether oxygens (including phenoxy) is 1. The van der Waals surface area contributed by atoms with Crippen molar-refractivity contribution in [1.82, 2.24) is 9.80 Å². The van der Waals surface area contributed by atoms with Crippen LogP contribution in [0.3, 0.4) is 0 Å². The molecule has 1 heterocycles. The second kappa shape index (κ2) is 9.92. The molecule has 1 aromatic rings.